The monoisotopic (exact) mass is 425 g/mol. The van der Waals surface area contributed by atoms with E-state index in [0.29, 0.717) is 6.61 Å². The number of morpholine rings is 1. The van der Waals surface area contributed by atoms with E-state index >= 15 is 0 Å². The van der Waals surface area contributed by atoms with Gasteiger partial charge >= 0.3 is 0 Å². The van der Waals surface area contributed by atoms with Gasteiger partial charge in [0.05, 0.1) is 19.4 Å². The summed E-state index contributed by atoms with van der Waals surface area (Å²) in [5, 5.41) is 13.3. The summed E-state index contributed by atoms with van der Waals surface area (Å²) < 4.78 is 11.6. The number of methoxy groups -OCH3 is 1. The fourth-order valence-corrected chi connectivity index (χ4v) is 4.19. The van der Waals surface area contributed by atoms with Crippen molar-refractivity contribution in [2.75, 3.05) is 32.1 Å². The average molecular weight is 426 g/mol. The predicted octanol–water partition coefficient (Wildman–Crippen LogP) is 4.13. The fourth-order valence-electron chi connectivity index (χ4n) is 3.51. The van der Waals surface area contributed by atoms with Crippen LogP contribution in [0.4, 0.5) is 10.9 Å². The van der Waals surface area contributed by atoms with Crippen LogP contribution in [0, 0.1) is 6.92 Å². The average Bonchev–Trinajstić information content (AvgIpc) is 3.23. The lowest BCUT2D eigenvalue weighted by Gasteiger charge is -2.33. The highest BCUT2D eigenvalue weighted by Gasteiger charge is 2.24. The molecule has 0 spiro atoms. The summed E-state index contributed by atoms with van der Waals surface area (Å²) in [5.41, 5.74) is 3.31. The van der Waals surface area contributed by atoms with Gasteiger partial charge in [0.1, 0.15) is 22.7 Å². The number of aryl methyl sites for hydroxylation is 2. The second kappa shape index (κ2) is 9.51. The van der Waals surface area contributed by atoms with Crippen LogP contribution in [0.15, 0.2) is 36.4 Å². The van der Waals surface area contributed by atoms with Gasteiger partial charge in [-0.1, -0.05) is 36.5 Å². The van der Waals surface area contributed by atoms with Gasteiger partial charge in [-0.3, -0.25) is 4.90 Å². The third-order valence-corrected chi connectivity index (χ3v) is 6.07. The molecule has 1 N–H and O–H groups in total. The molecule has 0 amide bonds. The third-order valence-electron chi connectivity index (χ3n) is 5.09. The summed E-state index contributed by atoms with van der Waals surface area (Å²) in [6.45, 7) is 7.32. The molecule has 1 aliphatic heterocycles. The van der Waals surface area contributed by atoms with Gasteiger partial charge in [-0.2, -0.15) is 0 Å². The number of hydrogen-bond donors (Lipinski definition) is 1. The lowest BCUT2D eigenvalue weighted by Crippen LogP contribution is -2.38. The summed E-state index contributed by atoms with van der Waals surface area (Å²) in [4.78, 5) is 7.16. The van der Waals surface area contributed by atoms with Crippen molar-refractivity contribution in [2.24, 2.45) is 0 Å². The van der Waals surface area contributed by atoms with Crippen LogP contribution >= 0.6 is 11.3 Å². The van der Waals surface area contributed by atoms with E-state index in [2.05, 4.69) is 52.5 Å². The van der Waals surface area contributed by atoms with Gasteiger partial charge in [-0.25, -0.2) is 4.98 Å². The van der Waals surface area contributed by atoms with Crippen molar-refractivity contribution in [2.45, 2.75) is 32.9 Å². The molecule has 1 unspecified atom stereocenters. The summed E-state index contributed by atoms with van der Waals surface area (Å²) >= 11 is 1.55. The van der Waals surface area contributed by atoms with Gasteiger partial charge in [0.2, 0.25) is 5.13 Å². The Labute approximate surface area is 181 Å². The van der Waals surface area contributed by atoms with E-state index in [4.69, 9.17) is 14.5 Å². The normalized spacial score (nSPS) is 17.1. The van der Waals surface area contributed by atoms with Gasteiger partial charge in [0, 0.05) is 25.2 Å². The Balaban J connectivity index is 1.44. The van der Waals surface area contributed by atoms with Gasteiger partial charge in [0.25, 0.3) is 0 Å². The quantitative estimate of drug-likeness (QED) is 0.610. The van der Waals surface area contributed by atoms with Crippen molar-refractivity contribution in [3.8, 4) is 5.75 Å². The number of anilines is 2. The largest absolute Gasteiger partial charge is 0.496 e. The number of aromatic nitrogens is 3. The molecule has 0 bridgehead atoms. The summed E-state index contributed by atoms with van der Waals surface area (Å²) in [6, 6.07) is 12.3. The first-order valence-electron chi connectivity index (χ1n) is 10.2. The van der Waals surface area contributed by atoms with E-state index < -0.39 is 0 Å². The molecule has 1 atom stereocenters. The van der Waals surface area contributed by atoms with E-state index in [9.17, 15) is 0 Å². The first-order chi connectivity index (χ1) is 14.6. The van der Waals surface area contributed by atoms with Crippen molar-refractivity contribution in [3.63, 3.8) is 0 Å². The van der Waals surface area contributed by atoms with Crippen LogP contribution < -0.4 is 10.1 Å². The van der Waals surface area contributed by atoms with Gasteiger partial charge in [0.15, 0.2) is 0 Å². The molecule has 158 valence electrons. The second-order valence-electron chi connectivity index (χ2n) is 7.34. The number of rotatable bonds is 7. The van der Waals surface area contributed by atoms with Crippen LogP contribution in [0.1, 0.15) is 34.9 Å². The topological polar surface area (TPSA) is 72.4 Å². The maximum Gasteiger partial charge on any atom is 0.211 e. The molecule has 2 aromatic heterocycles. The fraction of sp³-hybridized carbons (Fsp3) is 0.409. The van der Waals surface area contributed by atoms with E-state index in [1.54, 1.807) is 18.4 Å². The molecule has 1 fully saturated rings. The zero-order valence-electron chi connectivity index (χ0n) is 17.6. The lowest BCUT2D eigenvalue weighted by molar-refractivity contribution is -0.0350. The lowest BCUT2D eigenvalue weighted by atomic mass is 10.1. The highest BCUT2D eigenvalue weighted by atomic mass is 32.1. The molecular formula is C22H27N5O2S. The maximum atomic E-state index is 6.05. The Morgan fingerprint density at radius 2 is 2.17 bits per heavy atom. The molecule has 0 radical (unpaired) electrons. The van der Waals surface area contributed by atoms with E-state index in [0.717, 1.165) is 53.5 Å². The van der Waals surface area contributed by atoms with Crippen LogP contribution in [0.5, 0.6) is 5.75 Å². The number of benzene rings is 1. The molecule has 4 rings (SSSR count). The smallest absolute Gasteiger partial charge is 0.211 e. The SMILES string of the molecule is CCc1nnc(Nc2cccc(C3CN(Cc4ccc(C)cc4OC)CCO3)n2)s1. The van der Waals surface area contributed by atoms with E-state index in [-0.39, 0.29) is 6.10 Å². The molecule has 8 heteroatoms. The number of pyridine rings is 1. The Morgan fingerprint density at radius 3 is 2.97 bits per heavy atom. The Hall–Kier alpha value is -2.55. The van der Waals surface area contributed by atoms with Crippen molar-refractivity contribution >= 4 is 22.3 Å². The van der Waals surface area contributed by atoms with Crippen LogP contribution in [-0.4, -0.2) is 46.9 Å². The standard InChI is InChI=1S/C22H27N5O2S/c1-4-21-25-26-22(30-21)24-20-7-5-6-17(23-20)19-14-27(10-11-29-19)13-16-9-8-15(2)12-18(16)28-3/h5-9,12,19H,4,10-11,13-14H2,1-3H3,(H,23,24,26). The van der Waals surface area contributed by atoms with Crippen molar-refractivity contribution in [1.29, 1.82) is 0 Å². The van der Waals surface area contributed by atoms with Crippen LogP contribution in [0.25, 0.3) is 0 Å². The highest BCUT2D eigenvalue weighted by molar-refractivity contribution is 7.15. The van der Waals surface area contributed by atoms with Crippen molar-refractivity contribution < 1.29 is 9.47 Å². The molecule has 3 aromatic rings. The van der Waals surface area contributed by atoms with Crippen LogP contribution in [0.3, 0.4) is 0 Å². The number of hydrogen-bond acceptors (Lipinski definition) is 8. The third kappa shape index (κ3) is 4.95. The van der Waals surface area contributed by atoms with Crippen LogP contribution in [0.2, 0.25) is 0 Å². The minimum absolute atomic E-state index is 0.0717. The maximum absolute atomic E-state index is 6.05. The van der Waals surface area contributed by atoms with Gasteiger partial charge < -0.3 is 14.8 Å². The molecule has 1 aromatic carbocycles. The second-order valence-corrected chi connectivity index (χ2v) is 8.40. The van der Waals surface area contributed by atoms with Crippen molar-refractivity contribution in [3.05, 3.63) is 58.2 Å². The molecular weight excluding hydrogens is 398 g/mol. The summed E-state index contributed by atoms with van der Waals surface area (Å²) in [7, 11) is 1.73. The molecule has 30 heavy (non-hydrogen) atoms. The van der Waals surface area contributed by atoms with Gasteiger partial charge in [-0.05, 0) is 37.1 Å². The van der Waals surface area contributed by atoms with E-state index in [1.807, 2.05) is 18.2 Å². The summed E-state index contributed by atoms with van der Waals surface area (Å²) in [6.07, 6.45) is 0.808. The van der Waals surface area contributed by atoms with Crippen molar-refractivity contribution in [1.82, 2.24) is 20.1 Å². The van der Waals surface area contributed by atoms with Gasteiger partial charge in [-0.15, -0.1) is 10.2 Å². The molecule has 7 nitrogen and oxygen atoms in total. The molecule has 0 saturated carbocycles. The van der Waals surface area contributed by atoms with E-state index in [1.165, 1.54) is 11.1 Å². The molecule has 0 aliphatic carbocycles. The first-order valence-corrected chi connectivity index (χ1v) is 11.0. The minimum Gasteiger partial charge on any atom is -0.496 e. The zero-order valence-corrected chi connectivity index (χ0v) is 18.4. The number of nitrogens with one attached hydrogen (secondary N) is 1. The Morgan fingerprint density at radius 1 is 1.27 bits per heavy atom. The predicted molar refractivity (Wildman–Crippen MR) is 119 cm³/mol. The molecule has 1 aliphatic rings. The Bertz CT molecular complexity index is 993. The first kappa shape index (κ1) is 20.7. The number of nitrogens with zero attached hydrogens (tertiary/aromatic N) is 4. The van der Waals surface area contributed by atoms with Crippen LogP contribution in [-0.2, 0) is 17.7 Å². The zero-order chi connectivity index (χ0) is 20.9. The number of ether oxygens (including phenoxy) is 2. The minimum atomic E-state index is -0.0717. The highest BCUT2D eigenvalue weighted by Crippen LogP contribution is 2.27. The summed E-state index contributed by atoms with van der Waals surface area (Å²) in [5.74, 6) is 1.69. The Kier molecular flexibility index (Phi) is 6.56. The molecule has 1 saturated heterocycles. The molecule has 3 heterocycles.